The summed E-state index contributed by atoms with van der Waals surface area (Å²) in [5.74, 6) is 0.364. The second kappa shape index (κ2) is 12.2. The van der Waals surface area contributed by atoms with Gasteiger partial charge in [0.25, 0.3) is 5.91 Å². The van der Waals surface area contributed by atoms with Crippen molar-refractivity contribution in [3.8, 4) is 0 Å². The van der Waals surface area contributed by atoms with Crippen LogP contribution in [0.15, 0.2) is 20.4 Å². The summed E-state index contributed by atoms with van der Waals surface area (Å²) in [5, 5.41) is 7.10. The van der Waals surface area contributed by atoms with E-state index < -0.39 is 17.2 Å². The Bertz CT molecular complexity index is 962. The first-order valence-electron chi connectivity index (χ1n) is 12.7. The first-order chi connectivity index (χ1) is 17.0. The van der Waals surface area contributed by atoms with Gasteiger partial charge in [0, 0.05) is 45.2 Å². The van der Waals surface area contributed by atoms with Crippen LogP contribution < -0.4 is 5.32 Å². The molecule has 0 radical (unpaired) electrons. The molecule has 0 unspecified atom stereocenters. The number of nitrogens with one attached hydrogen (secondary N) is 1. The second-order valence-corrected chi connectivity index (χ2v) is 11.3. The number of aromatic nitrogens is 1. The Morgan fingerprint density at radius 1 is 1.22 bits per heavy atom. The van der Waals surface area contributed by atoms with Crippen LogP contribution in [0, 0.1) is 0 Å². The van der Waals surface area contributed by atoms with Crippen LogP contribution in [-0.4, -0.2) is 57.7 Å². The number of ether oxygens (including phenoxy) is 1. The standard InChI is InChI=1S/C25H37BrN4O6/c1-5-17(31)9-7-6-8-10-18(22-27-16-20(26)34-22)28-21(32)19-15-25(36-29-19)11-13-30(14-12-25)23(33)35-24(2,3)4/h16,18H,5-15H2,1-4H3,(H,28,32)/t18-/m0/s1. The summed E-state index contributed by atoms with van der Waals surface area (Å²) in [6.45, 7) is 8.35. The van der Waals surface area contributed by atoms with Crippen LogP contribution >= 0.6 is 15.9 Å². The highest BCUT2D eigenvalue weighted by Crippen LogP contribution is 2.35. The quantitative estimate of drug-likeness (QED) is 0.390. The molecule has 3 heterocycles. The number of nitrogens with zero attached hydrogens (tertiary/aromatic N) is 3. The van der Waals surface area contributed by atoms with Crippen LogP contribution in [0.1, 0.15) is 97.4 Å². The number of unbranched alkanes of at least 4 members (excludes halogenated alkanes) is 2. The summed E-state index contributed by atoms with van der Waals surface area (Å²) in [7, 11) is 0. The zero-order valence-electron chi connectivity index (χ0n) is 21.6. The molecule has 0 aliphatic carbocycles. The van der Waals surface area contributed by atoms with E-state index in [1.807, 2.05) is 27.7 Å². The molecule has 2 aliphatic heterocycles. The maximum Gasteiger partial charge on any atom is 0.410 e. The van der Waals surface area contributed by atoms with E-state index >= 15 is 0 Å². The lowest BCUT2D eigenvalue weighted by atomic mass is 9.87. The fourth-order valence-corrected chi connectivity index (χ4v) is 4.55. The van der Waals surface area contributed by atoms with Gasteiger partial charge in [0.1, 0.15) is 28.7 Å². The zero-order chi connectivity index (χ0) is 26.3. The largest absolute Gasteiger partial charge is 0.444 e. The first-order valence-corrected chi connectivity index (χ1v) is 13.5. The third kappa shape index (κ3) is 8.04. The van der Waals surface area contributed by atoms with Gasteiger partial charge >= 0.3 is 6.09 Å². The highest BCUT2D eigenvalue weighted by Gasteiger charge is 2.45. The molecule has 0 bridgehead atoms. The fraction of sp³-hybridized carbons (Fsp3) is 0.720. The van der Waals surface area contributed by atoms with Crippen molar-refractivity contribution in [2.24, 2.45) is 5.16 Å². The molecule has 2 aliphatic rings. The molecule has 1 aromatic rings. The Labute approximate surface area is 220 Å². The maximum atomic E-state index is 13.1. The number of rotatable bonds is 10. The number of oxime groups is 1. The summed E-state index contributed by atoms with van der Waals surface area (Å²) in [6.07, 6.45) is 7.02. The van der Waals surface area contributed by atoms with Crippen molar-refractivity contribution in [1.82, 2.24) is 15.2 Å². The number of likely N-dealkylation sites (tertiary alicyclic amines) is 1. The van der Waals surface area contributed by atoms with Crippen molar-refractivity contribution < 1.29 is 28.4 Å². The van der Waals surface area contributed by atoms with Gasteiger partial charge in [-0.1, -0.05) is 24.9 Å². The van der Waals surface area contributed by atoms with E-state index in [0.717, 1.165) is 19.3 Å². The van der Waals surface area contributed by atoms with Crippen molar-refractivity contribution in [2.45, 2.75) is 103 Å². The molecule has 3 rings (SSSR count). The molecule has 1 aromatic heterocycles. The Hall–Kier alpha value is -2.43. The SMILES string of the molecule is CCC(=O)CCCCC[C@H](NC(=O)C1=NOC2(CCN(C(=O)OC(C)(C)C)CC2)C1)c1ncc(Br)o1. The molecular weight excluding hydrogens is 532 g/mol. The molecule has 0 aromatic carbocycles. The highest BCUT2D eigenvalue weighted by atomic mass is 79.9. The molecule has 2 amide bonds. The number of hydrogen-bond donors (Lipinski definition) is 1. The summed E-state index contributed by atoms with van der Waals surface area (Å²) >= 11 is 3.27. The van der Waals surface area contributed by atoms with E-state index in [0.29, 0.717) is 67.9 Å². The molecular formula is C25H37BrN4O6. The van der Waals surface area contributed by atoms with Crippen molar-refractivity contribution >= 4 is 39.4 Å². The highest BCUT2D eigenvalue weighted by molar-refractivity contribution is 9.10. The van der Waals surface area contributed by atoms with E-state index in [-0.39, 0.29) is 17.8 Å². The smallest absolute Gasteiger partial charge is 0.410 e. The third-order valence-electron chi connectivity index (χ3n) is 6.37. The molecule has 1 N–H and O–H groups in total. The lowest BCUT2D eigenvalue weighted by molar-refractivity contribution is -0.119. The number of Topliss-reactive ketones (excluding diaryl/α,β-unsaturated/α-hetero) is 1. The maximum absolute atomic E-state index is 13.1. The van der Waals surface area contributed by atoms with E-state index in [9.17, 15) is 14.4 Å². The number of oxazole rings is 1. The number of carbonyl (C=O) groups is 3. The van der Waals surface area contributed by atoms with E-state index in [2.05, 4.69) is 31.4 Å². The van der Waals surface area contributed by atoms with Crippen molar-refractivity contribution in [1.29, 1.82) is 0 Å². The summed E-state index contributed by atoms with van der Waals surface area (Å²) in [5.41, 5.74) is -0.810. The second-order valence-electron chi connectivity index (χ2n) is 10.5. The van der Waals surface area contributed by atoms with Gasteiger partial charge < -0.3 is 24.2 Å². The van der Waals surface area contributed by atoms with Gasteiger partial charge in [-0.2, -0.15) is 0 Å². The average molecular weight is 569 g/mol. The number of halogens is 1. The number of hydrogen-bond acceptors (Lipinski definition) is 8. The number of carbonyl (C=O) groups excluding carboxylic acids is 3. The fourth-order valence-electron chi connectivity index (χ4n) is 4.29. The Kier molecular flexibility index (Phi) is 9.54. The van der Waals surface area contributed by atoms with E-state index in [4.69, 9.17) is 14.0 Å². The Morgan fingerprint density at radius 3 is 2.56 bits per heavy atom. The number of piperidine rings is 1. The average Bonchev–Trinajstić information content (AvgIpc) is 3.43. The molecule has 200 valence electrons. The minimum absolute atomic E-state index is 0.265. The molecule has 1 atom stereocenters. The van der Waals surface area contributed by atoms with Crippen molar-refractivity contribution in [3.05, 3.63) is 16.8 Å². The molecule has 0 saturated carbocycles. The molecule has 1 saturated heterocycles. The minimum atomic E-state index is -0.585. The van der Waals surface area contributed by atoms with Gasteiger partial charge in [0.15, 0.2) is 4.67 Å². The van der Waals surface area contributed by atoms with Crippen LogP contribution in [0.25, 0.3) is 0 Å². The molecule has 10 nitrogen and oxygen atoms in total. The summed E-state index contributed by atoms with van der Waals surface area (Å²) in [6, 6.07) is -0.418. The molecule has 1 spiro atoms. The predicted octanol–water partition coefficient (Wildman–Crippen LogP) is 5.07. The molecule has 11 heteroatoms. The summed E-state index contributed by atoms with van der Waals surface area (Å²) < 4.78 is 11.6. The van der Waals surface area contributed by atoms with Gasteiger partial charge in [0.05, 0.1) is 6.20 Å². The third-order valence-corrected chi connectivity index (χ3v) is 6.74. The van der Waals surface area contributed by atoms with Crippen molar-refractivity contribution in [2.75, 3.05) is 13.1 Å². The zero-order valence-corrected chi connectivity index (χ0v) is 23.2. The van der Waals surface area contributed by atoms with Gasteiger partial charge in [-0.05, 0) is 49.5 Å². The lowest BCUT2D eigenvalue weighted by Gasteiger charge is -2.37. The van der Waals surface area contributed by atoms with Crippen LogP contribution in [0.3, 0.4) is 0 Å². The van der Waals surface area contributed by atoms with E-state index in [1.165, 1.54) is 0 Å². The predicted molar refractivity (Wildman–Crippen MR) is 136 cm³/mol. The number of ketones is 1. The molecule has 1 fully saturated rings. The first kappa shape index (κ1) is 28.1. The van der Waals surface area contributed by atoms with Crippen LogP contribution in [-0.2, 0) is 19.2 Å². The topological polar surface area (TPSA) is 123 Å². The van der Waals surface area contributed by atoms with Crippen molar-refractivity contribution in [3.63, 3.8) is 0 Å². The monoisotopic (exact) mass is 568 g/mol. The number of amides is 2. The summed E-state index contributed by atoms with van der Waals surface area (Å²) in [4.78, 5) is 48.6. The van der Waals surface area contributed by atoms with Crippen LogP contribution in [0.4, 0.5) is 4.79 Å². The Morgan fingerprint density at radius 2 is 1.94 bits per heavy atom. The normalized spacial score (nSPS) is 17.9. The van der Waals surface area contributed by atoms with Gasteiger partial charge in [-0.15, -0.1) is 0 Å². The van der Waals surface area contributed by atoms with Crippen LogP contribution in [0.5, 0.6) is 0 Å². The van der Waals surface area contributed by atoms with E-state index in [1.54, 1.807) is 11.1 Å². The minimum Gasteiger partial charge on any atom is -0.444 e. The van der Waals surface area contributed by atoms with Gasteiger partial charge in [-0.3, -0.25) is 9.59 Å². The van der Waals surface area contributed by atoms with Crippen LogP contribution in [0.2, 0.25) is 0 Å². The molecule has 36 heavy (non-hydrogen) atoms. The lowest BCUT2D eigenvalue weighted by Crippen LogP contribution is -2.48. The Balaban J connectivity index is 1.51. The van der Waals surface area contributed by atoms with Gasteiger partial charge in [-0.25, -0.2) is 9.78 Å². The van der Waals surface area contributed by atoms with Gasteiger partial charge in [0.2, 0.25) is 5.89 Å².